The quantitative estimate of drug-likeness (QED) is 0.621. The fourth-order valence-corrected chi connectivity index (χ4v) is 4.76. The van der Waals surface area contributed by atoms with Crippen molar-refractivity contribution in [1.82, 2.24) is 4.31 Å². The summed E-state index contributed by atoms with van der Waals surface area (Å²) in [6, 6.07) is 14.7. The molecule has 1 N–H and O–H groups in total. The second-order valence-electron chi connectivity index (χ2n) is 6.33. The smallest absolute Gasteiger partial charge is 0.243 e. The van der Waals surface area contributed by atoms with Crippen LogP contribution in [0.5, 0.6) is 11.5 Å². The van der Waals surface area contributed by atoms with E-state index in [-0.39, 0.29) is 19.2 Å². The molecule has 0 amide bonds. The normalized spacial score (nSPS) is 17.7. The van der Waals surface area contributed by atoms with Gasteiger partial charge in [-0.1, -0.05) is 18.2 Å². The number of hydrogen-bond donors (Lipinski definition) is 1. The maximum Gasteiger partial charge on any atom is 0.243 e. The molecule has 2 heterocycles. The lowest BCUT2D eigenvalue weighted by molar-refractivity contribution is -0.917. The molecule has 0 saturated carbocycles. The number of nitrogens with one attached hydrogen (secondary N) is 1. The summed E-state index contributed by atoms with van der Waals surface area (Å²) >= 11 is 0. The lowest BCUT2D eigenvalue weighted by Gasteiger charge is -2.31. The van der Waals surface area contributed by atoms with Gasteiger partial charge in [0.15, 0.2) is 11.5 Å². The number of rotatable bonds is 4. The molecule has 0 bridgehead atoms. The third-order valence-electron chi connectivity index (χ3n) is 4.70. The summed E-state index contributed by atoms with van der Waals surface area (Å²) in [5, 5.41) is 0. The Labute approximate surface area is 159 Å². The molecule has 2 aliphatic heterocycles. The summed E-state index contributed by atoms with van der Waals surface area (Å²) in [7, 11) is -3.38. The van der Waals surface area contributed by atoms with Crippen molar-refractivity contribution in [2.75, 3.05) is 33.0 Å². The molecule has 2 aromatic rings. The Balaban J connectivity index is 0.00000196. The van der Waals surface area contributed by atoms with Crippen molar-refractivity contribution in [1.29, 1.82) is 0 Å². The van der Waals surface area contributed by atoms with Crippen molar-refractivity contribution in [3.8, 4) is 11.5 Å². The number of benzene rings is 2. The van der Waals surface area contributed by atoms with Crippen LogP contribution in [0.1, 0.15) is 5.56 Å². The molecule has 2 aliphatic rings. The first-order chi connectivity index (χ1) is 12.1. The molecule has 6 nitrogen and oxygen atoms in total. The number of nitrogens with zero attached hydrogens (tertiary/aromatic N) is 1. The zero-order valence-corrected chi connectivity index (χ0v) is 15.8. The van der Waals surface area contributed by atoms with E-state index in [1.54, 1.807) is 28.6 Å². The zero-order valence-electron chi connectivity index (χ0n) is 14.2. The van der Waals surface area contributed by atoms with Crippen LogP contribution < -0.4 is 26.8 Å². The van der Waals surface area contributed by atoms with Gasteiger partial charge in [0.25, 0.3) is 0 Å². The molecule has 26 heavy (non-hydrogen) atoms. The van der Waals surface area contributed by atoms with E-state index < -0.39 is 10.0 Å². The average Bonchev–Trinajstić information content (AvgIpc) is 3.11. The Bertz CT molecular complexity index is 853. The molecule has 0 spiro atoms. The van der Waals surface area contributed by atoms with Crippen LogP contribution >= 0.6 is 0 Å². The SMILES string of the molecule is O=S(=O)(c1ccccc1)N1CC[NH+](Cc2ccc3c(c2)OCO3)CC1.[Cl-]. The fraction of sp³-hybridized carbons (Fsp3) is 0.333. The van der Waals surface area contributed by atoms with Crippen LogP contribution in [0.2, 0.25) is 0 Å². The van der Waals surface area contributed by atoms with E-state index in [1.165, 1.54) is 10.5 Å². The highest BCUT2D eigenvalue weighted by Crippen LogP contribution is 2.32. The monoisotopic (exact) mass is 396 g/mol. The summed E-state index contributed by atoms with van der Waals surface area (Å²) in [6.07, 6.45) is 0. The molecular formula is C18H21ClN2O4S. The second kappa shape index (κ2) is 7.84. The number of ether oxygens (including phenoxy) is 2. The number of hydrogen-bond acceptors (Lipinski definition) is 4. The molecule has 0 aromatic heterocycles. The van der Waals surface area contributed by atoms with Gasteiger partial charge in [-0.15, -0.1) is 0 Å². The predicted molar refractivity (Wildman–Crippen MR) is 92.2 cm³/mol. The third kappa shape index (κ3) is 3.81. The van der Waals surface area contributed by atoms with Gasteiger partial charge in [-0.2, -0.15) is 4.31 Å². The topological polar surface area (TPSA) is 60.3 Å². The molecule has 1 saturated heterocycles. The van der Waals surface area contributed by atoms with E-state index >= 15 is 0 Å². The van der Waals surface area contributed by atoms with E-state index in [2.05, 4.69) is 0 Å². The highest BCUT2D eigenvalue weighted by Gasteiger charge is 2.30. The number of halogens is 1. The Morgan fingerprint density at radius 1 is 0.962 bits per heavy atom. The lowest BCUT2D eigenvalue weighted by Crippen LogP contribution is -3.13. The first kappa shape index (κ1) is 19.0. The van der Waals surface area contributed by atoms with Crippen molar-refractivity contribution in [3.63, 3.8) is 0 Å². The molecule has 8 heteroatoms. The van der Waals surface area contributed by atoms with Gasteiger partial charge in [-0.25, -0.2) is 8.42 Å². The molecule has 4 rings (SSSR count). The minimum absolute atomic E-state index is 0. The van der Waals surface area contributed by atoms with Crippen molar-refractivity contribution < 1.29 is 35.2 Å². The molecule has 0 radical (unpaired) electrons. The number of sulfonamides is 1. The Morgan fingerprint density at radius 2 is 1.65 bits per heavy atom. The van der Waals surface area contributed by atoms with Gasteiger partial charge >= 0.3 is 0 Å². The van der Waals surface area contributed by atoms with Crippen LogP contribution in [0.4, 0.5) is 0 Å². The summed E-state index contributed by atoms with van der Waals surface area (Å²) in [4.78, 5) is 1.74. The van der Waals surface area contributed by atoms with Gasteiger partial charge in [0.1, 0.15) is 6.54 Å². The van der Waals surface area contributed by atoms with Crippen LogP contribution in [0.15, 0.2) is 53.4 Å². The highest BCUT2D eigenvalue weighted by atomic mass is 35.5. The van der Waals surface area contributed by atoms with Crippen molar-refractivity contribution in [2.24, 2.45) is 0 Å². The van der Waals surface area contributed by atoms with E-state index in [9.17, 15) is 8.42 Å². The third-order valence-corrected chi connectivity index (χ3v) is 6.61. The van der Waals surface area contributed by atoms with Crippen molar-refractivity contribution in [2.45, 2.75) is 11.4 Å². The number of piperazine rings is 1. The van der Waals surface area contributed by atoms with Gasteiger partial charge in [0.05, 0.1) is 31.1 Å². The second-order valence-corrected chi connectivity index (χ2v) is 8.27. The minimum Gasteiger partial charge on any atom is -1.00 e. The summed E-state index contributed by atoms with van der Waals surface area (Å²) in [5.74, 6) is 1.58. The zero-order chi connectivity index (χ0) is 17.3. The highest BCUT2D eigenvalue weighted by molar-refractivity contribution is 7.89. The van der Waals surface area contributed by atoms with E-state index in [1.807, 2.05) is 24.3 Å². The van der Waals surface area contributed by atoms with Gasteiger partial charge in [0, 0.05) is 5.56 Å². The van der Waals surface area contributed by atoms with Gasteiger partial charge < -0.3 is 26.8 Å². The van der Waals surface area contributed by atoms with E-state index in [0.29, 0.717) is 18.0 Å². The lowest BCUT2D eigenvalue weighted by atomic mass is 10.2. The Kier molecular flexibility index (Phi) is 5.72. The Morgan fingerprint density at radius 3 is 2.38 bits per heavy atom. The fourth-order valence-electron chi connectivity index (χ4n) is 3.30. The summed E-state index contributed by atoms with van der Waals surface area (Å²) in [5.41, 5.74) is 1.18. The van der Waals surface area contributed by atoms with Gasteiger partial charge in [0.2, 0.25) is 16.8 Å². The molecule has 0 atom stereocenters. The maximum absolute atomic E-state index is 12.7. The van der Waals surface area contributed by atoms with E-state index in [4.69, 9.17) is 9.47 Å². The van der Waals surface area contributed by atoms with Gasteiger partial charge in [-0.3, -0.25) is 0 Å². The molecule has 0 unspecified atom stereocenters. The molecule has 0 aliphatic carbocycles. The minimum atomic E-state index is -3.38. The van der Waals surface area contributed by atoms with E-state index in [0.717, 1.165) is 31.1 Å². The summed E-state index contributed by atoms with van der Waals surface area (Å²) < 4.78 is 37.7. The van der Waals surface area contributed by atoms with Crippen LogP contribution in [0.25, 0.3) is 0 Å². The van der Waals surface area contributed by atoms with Crippen LogP contribution in [-0.4, -0.2) is 45.7 Å². The van der Waals surface area contributed by atoms with Crippen LogP contribution in [-0.2, 0) is 16.6 Å². The number of quaternary nitrogens is 1. The first-order valence-corrected chi connectivity index (χ1v) is 9.84. The van der Waals surface area contributed by atoms with Crippen LogP contribution in [0, 0.1) is 0 Å². The summed E-state index contributed by atoms with van der Waals surface area (Å²) in [6.45, 7) is 3.80. The molecule has 1 fully saturated rings. The maximum atomic E-state index is 12.7. The van der Waals surface area contributed by atoms with Crippen molar-refractivity contribution >= 4 is 10.0 Å². The molecule has 2 aromatic carbocycles. The molecule has 140 valence electrons. The predicted octanol–water partition coefficient (Wildman–Crippen LogP) is -2.49. The average molecular weight is 397 g/mol. The molecular weight excluding hydrogens is 376 g/mol. The first-order valence-electron chi connectivity index (χ1n) is 8.40. The Hall–Kier alpha value is -1.80. The van der Waals surface area contributed by atoms with Crippen LogP contribution in [0.3, 0.4) is 0 Å². The standard InChI is InChI=1S/C18H20N2O4S.ClH/c21-25(22,16-4-2-1-3-5-16)20-10-8-19(9-11-20)13-15-6-7-17-18(12-15)24-14-23-17;/h1-7,12H,8-11,13-14H2;1H. The van der Waals surface area contributed by atoms with Gasteiger partial charge in [-0.05, 0) is 30.3 Å². The number of fused-ring (bicyclic) bond motifs is 1. The largest absolute Gasteiger partial charge is 1.00 e. The van der Waals surface area contributed by atoms with Crippen molar-refractivity contribution in [3.05, 3.63) is 54.1 Å².